The predicted octanol–water partition coefficient (Wildman–Crippen LogP) is 3.72. The van der Waals surface area contributed by atoms with Crippen molar-refractivity contribution in [3.63, 3.8) is 0 Å². The fraction of sp³-hybridized carbons (Fsp3) is 0.417. The number of hydrogen-bond acceptors (Lipinski definition) is 2. The molecule has 0 bridgehead atoms. The molecule has 2 saturated heterocycles. The van der Waals surface area contributed by atoms with E-state index in [0.717, 1.165) is 24.0 Å². The Bertz CT molecular complexity index is 896. The van der Waals surface area contributed by atoms with Gasteiger partial charge in [-0.2, -0.15) is 0 Å². The maximum absolute atomic E-state index is 13.6. The predicted molar refractivity (Wildman–Crippen MR) is 110 cm³/mol. The number of halogens is 1. The summed E-state index contributed by atoms with van der Waals surface area (Å²) in [6.45, 7) is 3.69. The third kappa shape index (κ3) is 4.50. The molecule has 0 aromatic heterocycles. The molecule has 2 aliphatic rings. The van der Waals surface area contributed by atoms with E-state index in [2.05, 4.69) is 0 Å². The van der Waals surface area contributed by atoms with Crippen molar-refractivity contribution in [3.8, 4) is 0 Å². The number of hydrogen-bond donors (Lipinski definition) is 0. The Labute approximate surface area is 171 Å². The van der Waals surface area contributed by atoms with Gasteiger partial charge >= 0.3 is 0 Å². The molecule has 0 radical (unpaired) electrons. The molecular weight excluding hydrogens is 367 g/mol. The topological polar surface area (TPSA) is 40.6 Å². The van der Waals surface area contributed by atoms with Crippen LogP contribution in [0.15, 0.2) is 48.5 Å². The maximum atomic E-state index is 13.6. The first-order valence-corrected chi connectivity index (χ1v) is 10.4. The molecule has 2 aromatic carbocycles. The fourth-order valence-electron chi connectivity index (χ4n) is 4.57. The average Bonchev–Trinajstić information content (AvgIpc) is 3.06. The van der Waals surface area contributed by atoms with Gasteiger partial charge < -0.3 is 9.80 Å². The van der Waals surface area contributed by atoms with E-state index >= 15 is 0 Å². The van der Waals surface area contributed by atoms with Crippen molar-refractivity contribution in [2.45, 2.75) is 45.2 Å². The molecule has 2 aliphatic heterocycles. The number of rotatable bonds is 4. The van der Waals surface area contributed by atoms with Crippen LogP contribution in [0.4, 0.5) is 4.39 Å². The number of aryl methyl sites for hydroxylation is 1. The molecule has 2 heterocycles. The van der Waals surface area contributed by atoms with E-state index in [9.17, 15) is 14.0 Å². The molecule has 2 fully saturated rings. The quantitative estimate of drug-likeness (QED) is 0.793. The molecule has 0 spiro atoms. The maximum Gasteiger partial charge on any atom is 0.227 e. The van der Waals surface area contributed by atoms with Gasteiger partial charge in [0.15, 0.2) is 0 Å². The summed E-state index contributed by atoms with van der Waals surface area (Å²) in [6.07, 6.45) is 2.71. The Balaban J connectivity index is 1.48. The summed E-state index contributed by atoms with van der Waals surface area (Å²) in [5.41, 5.74) is 2.99. The van der Waals surface area contributed by atoms with Crippen LogP contribution >= 0.6 is 0 Å². The highest BCUT2D eigenvalue weighted by molar-refractivity contribution is 5.80. The third-order valence-electron chi connectivity index (χ3n) is 6.16. The molecule has 0 aliphatic carbocycles. The van der Waals surface area contributed by atoms with Gasteiger partial charge in [0.2, 0.25) is 11.8 Å². The van der Waals surface area contributed by atoms with Crippen molar-refractivity contribution in [3.05, 3.63) is 71.0 Å². The van der Waals surface area contributed by atoms with Crippen LogP contribution < -0.4 is 0 Å². The van der Waals surface area contributed by atoms with Crippen LogP contribution in [-0.2, 0) is 22.6 Å². The summed E-state index contributed by atoms with van der Waals surface area (Å²) in [5, 5.41) is 0. The van der Waals surface area contributed by atoms with E-state index < -0.39 is 0 Å². The SMILES string of the molecule is Cc1ccc(CC(=O)N2CC3CCCC(=O)N(Cc4cccc(F)c4)C3C2)cc1. The highest BCUT2D eigenvalue weighted by Crippen LogP contribution is 2.32. The van der Waals surface area contributed by atoms with Crippen molar-refractivity contribution in [2.75, 3.05) is 13.1 Å². The van der Waals surface area contributed by atoms with Crippen LogP contribution in [0.3, 0.4) is 0 Å². The van der Waals surface area contributed by atoms with Gasteiger partial charge in [0.05, 0.1) is 12.5 Å². The van der Waals surface area contributed by atoms with E-state index in [1.54, 1.807) is 6.07 Å². The van der Waals surface area contributed by atoms with Crippen LogP contribution in [0.5, 0.6) is 0 Å². The first-order valence-electron chi connectivity index (χ1n) is 10.4. The normalized spacial score (nSPS) is 21.8. The molecule has 29 heavy (non-hydrogen) atoms. The van der Waals surface area contributed by atoms with Crippen molar-refractivity contribution >= 4 is 11.8 Å². The molecule has 2 atom stereocenters. The summed E-state index contributed by atoms with van der Waals surface area (Å²) in [5.74, 6) is 0.217. The van der Waals surface area contributed by atoms with Gasteiger partial charge in [0.25, 0.3) is 0 Å². The molecule has 4 rings (SSSR count). The van der Waals surface area contributed by atoms with E-state index in [1.807, 2.05) is 47.1 Å². The van der Waals surface area contributed by atoms with Gasteiger partial charge in [0, 0.05) is 26.1 Å². The summed E-state index contributed by atoms with van der Waals surface area (Å²) in [7, 11) is 0. The smallest absolute Gasteiger partial charge is 0.227 e. The highest BCUT2D eigenvalue weighted by atomic mass is 19.1. The van der Waals surface area contributed by atoms with E-state index in [1.165, 1.54) is 17.7 Å². The molecule has 2 aromatic rings. The van der Waals surface area contributed by atoms with E-state index in [4.69, 9.17) is 0 Å². The molecule has 5 heteroatoms. The van der Waals surface area contributed by atoms with Gasteiger partial charge in [-0.1, -0.05) is 42.0 Å². The van der Waals surface area contributed by atoms with E-state index in [0.29, 0.717) is 32.5 Å². The number of carbonyl (C=O) groups is 2. The molecule has 2 amide bonds. The molecule has 0 saturated carbocycles. The van der Waals surface area contributed by atoms with Crippen molar-refractivity contribution in [2.24, 2.45) is 5.92 Å². The van der Waals surface area contributed by atoms with Crippen LogP contribution in [0.1, 0.15) is 36.0 Å². The molecule has 2 unspecified atom stereocenters. The lowest BCUT2D eigenvalue weighted by atomic mass is 9.98. The number of carbonyl (C=O) groups excluding carboxylic acids is 2. The second-order valence-electron chi connectivity index (χ2n) is 8.33. The van der Waals surface area contributed by atoms with Crippen LogP contribution in [0, 0.1) is 18.7 Å². The standard InChI is InChI=1S/C24H27FN2O2/c1-17-8-10-18(11-9-17)13-24(29)26-15-20-5-3-7-23(28)27(22(20)16-26)14-19-4-2-6-21(25)12-19/h2,4,6,8-12,20,22H,3,5,7,13-16H2,1H3. The molecule has 4 nitrogen and oxygen atoms in total. The average molecular weight is 394 g/mol. The lowest BCUT2D eigenvalue weighted by Gasteiger charge is -2.30. The summed E-state index contributed by atoms with van der Waals surface area (Å²) in [6, 6.07) is 14.5. The van der Waals surface area contributed by atoms with Crippen molar-refractivity contribution < 1.29 is 14.0 Å². The molecule has 152 valence electrons. The third-order valence-corrected chi connectivity index (χ3v) is 6.16. The number of amides is 2. The summed E-state index contributed by atoms with van der Waals surface area (Å²) >= 11 is 0. The van der Waals surface area contributed by atoms with Crippen molar-refractivity contribution in [1.82, 2.24) is 9.80 Å². The number of nitrogens with zero attached hydrogens (tertiary/aromatic N) is 2. The molecule has 0 N–H and O–H groups in total. The number of likely N-dealkylation sites (tertiary alicyclic amines) is 2. The zero-order valence-electron chi connectivity index (χ0n) is 16.8. The zero-order valence-corrected chi connectivity index (χ0v) is 16.8. The van der Waals surface area contributed by atoms with Gasteiger partial charge in [-0.15, -0.1) is 0 Å². The Kier molecular flexibility index (Phi) is 5.65. The van der Waals surface area contributed by atoms with Gasteiger partial charge in [0.1, 0.15) is 5.82 Å². The van der Waals surface area contributed by atoms with Crippen molar-refractivity contribution in [1.29, 1.82) is 0 Å². The monoisotopic (exact) mass is 394 g/mol. The minimum atomic E-state index is -0.289. The highest BCUT2D eigenvalue weighted by Gasteiger charge is 2.41. The summed E-state index contributed by atoms with van der Waals surface area (Å²) in [4.78, 5) is 29.5. The van der Waals surface area contributed by atoms with Gasteiger partial charge in [-0.25, -0.2) is 4.39 Å². The largest absolute Gasteiger partial charge is 0.340 e. The first-order chi connectivity index (χ1) is 14.0. The minimum absolute atomic E-state index is 0.00948. The van der Waals surface area contributed by atoms with Crippen LogP contribution in [-0.4, -0.2) is 40.7 Å². The fourth-order valence-corrected chi connectivity index (χ4v) is 4.57. The number of fused-ring (bicyclic) bond motifs is 1. The zero-order chi connectivity index (χ0) is 20.4. The molecular formula is C24H27FN2O2. The Morgan fingerprint density at radius 1 is 1.10 bits per heavy atom. The Morgan fingerprint density at radius 2 is 1.90 bits per heavy atom. The first kappa shape index (κ1) is 19.6. The number of benzene rings is 2. The van der Waals surface area contributed by atoms with Gasteiger partial charge in [-0.05, 0) is 48.9 Å². The van der Waals surface area contributed by atoms with Gasteiger partial charge in [-0.3, -0.25) is 9.59 Å². The second kappa shape index (κ2) is 8.36. The Hall–Kier alpha value is -2.69. The Morgan fingerprint density at radius 3 is 2.66 bits per heavy atom. The second-order valence-corrected chi connectivity index (χ2v) is 8.33. The van der Waals surface area contributed by atoms with Crippen LogP contribution in [0.25, 0.3) is 0 Å². The minimum Gasteiger partial charge on any atom is -0.340 e. The summed E-state index contributed by atoms with van der Waals surface area (Å²) < 4.78 is 13.6. The lowest BCUT2D eigenvalue weighted by Crippen LogP contribution is -2.43. The van der Waals surface area contributed by atoms with Crippen LogP contribution in [0.2, 0.25) is 0 Å². The van der Waals surface area contributed by atoms with E-state index in [-0.39, 0.29) is 29.6 Å². The lowest BCUT2D eigenvalue weighted by molar-refractivity contribution is -0.135.